The number of nitro groups is 1. The van der Waals surface area contributed by atoms with Gasteiger partial charge < -0.3 is 9.30 Å². The molecule has 2 aromatic heterocycles. The van der Waals surface area contributed by atoms with E-state index in [0.717, 1.165) is 32.7 Å². The van der Waals surface area contributed by atoms with Crippen LogP contribution >= 0.6 is 27.3 Å². The molecule has 0 amide bonds. The molecular formula is C31H29BrN4O5S. The first-order chi connectivity index (χ1) is 19.9. The topological polar surface area (TPSA) is 109 Å². The lowest BCUT2D eigenvalue weighted by molar-refractivity contribution is -0.385. The number of aromatic nitrogens is 2. The second-order valence-electron chi connectivity index (χ2n) is 10.2. The van der Waals surface area contributed by atoms with Crippen LogP contribution in [0.5, 0.6) is 0 Å². The third-order valence-electron chi connectivity index (χ3n) is 7.43. The van der Waals surface area contributed by atoms with E-state index in [1.807, 2.05) is 32.9 Å². The number of thiazole rings is 1. The molecule has 3 heterocycles. The van der Waals surface area contributed by atoms with Gasteiger partial charge in [0.05, 0.1) is 33.4 Å². The summed E-state index contributed by atoms with van der Waals surface area (Å²) in [5, 5.41) is 11.8. The quantitative estimate of drug-likeness (QED) is 0.156. The number of fused-ring (bicyclic) bond motifs is 1. The van der Waals surface area contributed by atoms with Crippen LogP contribution in [0.4, 0.5) is 5.69 Å². The Morgan fingerprint density at radius 2 is 1.83 bits per heavy atom. The summed E-state index contributed by atoms with van der Waals surface area (Å²) in [6, 6.07) is 12.0. The number of hydrogen-bond acceptors (Lipinski definition) is 7. The fraction of sp³-hybridized carbons (Fsp3) is 0.258. The Morgan fingerprint density at radius 1 is 1.12 bits per heavy atom. The number of hydrogen-bond donors (Lipinski definition) is 0. The van der Waals surface area contributed by atoms with Gasteiger partial charge in [0.15, 0.2) is 4.80 Å². The minimum atomic E-state index is -0.931. The normalized spacial score (nSPS) is 15.0. The maximum Gasteiger partial charge on any atom is 0.338 e. The molecule has 0 spiro atoms. The summed E-state index contributed by atoms with van der Waals surface area (Å²) in [6.07, 6.45) is 1.84. The molecule has 1 atom stereocenters. The van der Waals surface area contributed by atoms with Crippen molar-refractivity contribution < 1.29 is 14.5 Å². The lowest BCUT2D eigenvalue weighted by Crippen LogP contribution is -2.40. The highest BCUT2D eigenvalue weighted by Crippen LogP contribution is 2.33. The van der Waals surface area contributed by atoms with Crippen LogP contribution in [0, 0.1) is 37.8 Å². The van der Waals surface area contributed by atoms with E-state index in [0.29, 0.717) is 26.2 Å². The SMILES string of the molecule is CCOC(=O)C1=C(C)N=c2s/c(=C/c3cc(C)n(-c4ccc(C)c(Br)c4)c3C)c(=O)n2[C@H]1c1ccc(C)c([N+](=O)[O-])c1. The predicted molar refractivity (Wildman–Crippen MR) is 166 cm³/mol. The minimum absolute atomic E-state index is 0.0947. The molecule has 0 N–H and O–H groups in total. The van der Waals surface area contributed by atoms with Gasteiger partial charge in [-0.2, -0.15) is 0 Å². The third kappa shape index (κ3) is 5.07. The van der Waals surface area contributed by atoms with Gasteiger partial charge in [0.25, 0.3) is 11.2 Å². The van der Waals surface area contributed by atoms with E-state index in [-0.39, 0.29) is 23.4 Å². The Kier molecular flexibility index (Phi) is 7.91. The average Bonchev–Trinajstić information content (AvgIpc) is 3.39. The van der Waals surface area contributed by atoms with Gasteiger partial charge in [0.1, 0.15) is 0 Å². The number of carbonyl (C=O) groups is 1. The van der Waals surface area contributed by atoms with Crippen LogP contribution < -0.4 is 14.9 Å². The number of allylic oxidation sites excluding steroid dienone is 1. The highest BCUT2D eigenvalue weighted by Gasteiger charge is 2.34. The van der Waals surface area contributed by atoms with Crippen molar-refractivity contribution in [3.8, 4) is 5.69 Å². The number of rotatable bonds is 6. The van der Waals surface area contributed by atoms with Crippen LogP contribution in [0.1, 0.15) is 53.5 Å². The van der Waals surface area contributed by atoms with Crippen molar-refractivity contribution in [2.45, 2.75) is 47.6 Å². The molecule has 0 radical (unpaired) electrons. The van der Waals surface area contributed by atoms with E-state index in [2.05, 4.69) is 43.7 Å². The van der Waals surface area contributed by atoms with Crippen molar-refractivity contribution in [1.82, 2.24) is 9.13 Å². The molecule has 9 nitrogen and oxygen atoms in total. The van der Waals surface area contributed by atoms with Crippen molar-refractivity contribution >= 4 is 45.0 Å². The second kappa shape index (κ2) is 11.3. The average molecular weight is 650 g/mol. The van der Waals surface area contributed by atoms with Crippen LogP contribution in [0.3, 0.4) is 0 Å². The lowest BCUT2D eigenvalue weighted by atomic mass is 9.94. The van der Waals surface area contributed by atoms with Gasteiger partial charge in [-0.3, -0.25) is 19.5 Å². The standard InChI is InChI=1S/C31H29BrN4O5S/c1-7-41-30(38)27-19(5)33-31-35(28(27)21-10-8-17(3)25(13-21)36(39)40)29(37)26(42-31)14-22-12-18(4)34(20(22)6)23-11-9-16(2)24(32)15-23/h8-15,28H,7H2,1-6H3/b26-14+/t28-/m0/s1. The molecule has 5 rings (SSSR count). The first kappa shape index (κ1) is 29.4. The minimum Gasteiger partial charge on any atom is -0.463 e. The van der Waals surface area contributed by atoms with Crippen molar-refractivity contribution in [3.63, 3.8) is 0 Å². The maximum atomic E-state index is 14.0. The zero-order valence-corrected chi connectivity index (χ0v) is 26.4. The van der Waals surface area contributed by atoms with Gasteiger partial charge in [-0.1, -0.05) is 45.5 Å². The van der Waals surface area contributed by atoms with Crippen LogP contribution in [-0.2, 0) is 9.53 Å². The summed E-state index contributed by atoms with van der Waals surface area (Å²) in [6.45, 7) is 11.2. The Labute approximate surface area is 254 Å². The van der Waals surface area contributed by atoms with Gasteiger partial charge >= 0.3 is 5.97 Å². The molecular weight excluding hydrogens is 620 g/mol. The van der Waals surface area contributed by atoms with Crippen LogP contribution in [0.2, 0.25) is 0 Å². The van der Waals surface area contributed by atoms with E-state index in [1.54, 1.807) is 32.9 Å². The number of halogens is 1. The number of aryl methyl sites for hydroxylation is 3. The maximum absolute atomic E-state index is 14.0. The molecule has 1 aliphatic heterocycles. The summed E-state index contributed by atoms with van der Waals surface area (Å²) in [5.41, 5.74) is 6.02. The van der Waals surface area contributed by atoms with Gasteiger partial charge in [-0.15, -0.1) is 0 Å². The summed E-state index contributed by atoms with van der Waals surface area (Å²) in [7, 11) is 0. The highest BCUT2D eigenvalue weighted by molar-refractivity contribution is 9.10. The summed E-state index contributed by atoms with van der Waals surface area (Å²) in [4.78, 5) is 43.5. The highest BCUT2D eigenvalue weighted by atomic mass is 79.9. The van der Waals surface area contributed by atoms with Gasteiger partial charge in [0, 0.05) is 33.2 Å². The third-order valence-corrected chi connectivity index (χ3v) is 9.27. The van der Waals surface area contributed by atoms with Crippen LogP contribution in [-0.4, -0.2) is 26.6 Å². The Hall–Kier alpha value is -4.09. The van der Waals surface area contributed by atoms with E-state index in [4.69, 9.17) is 4.74 Å². The monoisotopic (exact) mass is 648 g/mol. The van der Waals surface area contributed by atoms with E-state index < -0.39 is 16.9 Å². The molecule has 0 saturated heterocycles. The van der Waals surface area contributed by atoms with Crippen LogP contribution in [0.15, 0.2) is 68.0 Å². The zero-order valence-electron chi connectivity index (χ0n) is 24.0. The molecule has 216 valence electrons. The summed E-state index contributed by atoms with van der Waals surface area (Å²) >= 11 is 4.83. The Morgan fingerprint density at radius 3 is 2.50 bits per heavy atom. The Balaban J connectivity index is 1.71. The molecule has 0 saturated carbocycles. The molecule has 0 bridgehead atoms. The fourth-order valence-electron chi connectivity index (χ4n) is 5.29. The molecule has 4 aromatic rings. The number of benzene rings is 2. The summed E-state index contributed by atoms with van der Waals surface area (Å²) < 4.78 is 10.3. The van der Waals surface area contributed by atoms with Crippen LogP contribution in [0.25, 0.3) is 11.8 Å². The van der Waals surface area contributed by atoms with E-state index >= 15 is 0 Å². The molecule has 42 heavy (non-hydrogen) atoms. The molecule has 0 fully saturated rings. The van der Waals surface area contributed by atoms with Gasteiger partial charge in [-0.05, 0) is 82.5 Å². The first-order valence-electron chi connectivity index (χ1n) is 13.3. The largest absolute Gasteiger partial charge is 0.463 e. The summed E-state index contributed by atoms with van der Waals surface area (Å²) in [5.74, 6) is -0.617. The molecule has 1 aliphatic rings. The van der Waals surface area contributed by atoms with Gasteiger partial charge in [0.2, 0.25) is 0 Å². The number of ether oxygens (including phenoxy) is 1. The van der Waals surface area contributed by atoms with Crippen molar-refractivity contribution in [2.24, 2.45) is 4.99 Å². The molecule has 0 unspecified atom stereocenters. The first-order valence-corrected chi connectivity index (χ1v) is 14.9. The van der Waals surface area contributed by atoms with E-state index in [1.165, 1.54) is 22.0 Å². The zero-order chi connectivity index (χ0) is 30.5. The molecule has 0 aliphatic carbocycles. The van der Waals surface area contributed by atoms with Crippen molar-refractivity contribution in [3.05, 3.63) is 122 Å². The van der Waals surface area contributed by atoms with Gasteiger partial charge in [-0.25, -0.2) is 9.79 Å². The molecule has 11 heteroatoms. The predicted octanol–water partition coefficient (Wildman–Crippen LogP) is 5.49. The number of carbonyl (C=O) groups excluding carboxylic acids is 1. The number of esters is 1. The molecule has 2 aromatic carbocycles. The lowest BCUT2D eigenvalue weighted by Gasteiger charge is -2.24. The Bertz CT molecular complexity index is 2000. The second-order valence-corrected chi connectivity index (χ2v) is 12.1. The smallest absolute Gasteiger partial charge is 0.338 e. The van der Waals surface area contributed by atoms with Crippen molar-refractivity contribution in [1.29, 1.82) is 0 Å². The number of nitrogens with zero attached hydrogens (tertiary/aromatic N) is 4. The number of nitro benzene ring substituents is 1. The van der Waals surface area contributed by atoms with Crippen molar-refractivity contribution in [2.75, 3.05) is 6.61 Å². The fourth-order valence-corrected chi connectivity index (χ4v) is 6.70. The van der Waals surface area contributed by atoms with E-state index in [9.17, 15) is 19.7 Å².